The molecule has 0 bridgehead atoms. The highest BCUT2D eigenvalue weighted by Gasteiger charge is 2.33. The highest BCUT2D eigenvalue weighted by atomic mass is 16.1. The number of hydrogen-bond donors (Lipinski definition) is 1. The van der Waals surface area contributed by atoms with E-state index in [-0.39, 0.29) is 11.1 Å². The Kier molecular flexibility index (Phi) is 6.42. The van der Waals surface area contributed by atoms with Gasteiger partial charge in [-0.05, 0) is 72.8 Å². The fraction of sp³-hybridized carbons (Fsp3) is 0.385. The molecular formula is C26H32N6O. The summed E-state index contributed by atoms with van der Waals surface area (Å²) in [4.78, 5) is 18.8. The molecule has 2 aromatic carbocycles. The van der Waals surface area contributed by atoms with E-state index in [0.29, 0.717) is 17.9 Å². The van der Waals surface area contributed by atoms with Gasteiger partial charge in [-0.15, -0.1) is 5.10 Å². The van der Waals surface area contributed by atoms with Gasteiger partial charge in [0, 0.05) is 17.6 Å². The van der Waals surface area contributed by atoms with Crippen LogP contribution in [0.4, 0.5) is 0 Å². The van der Waals surface area contributed by atoms with E-state index < -0.39 is 6.04 Å². The average Bonchev–Trinajstić information content (AvgIpc) is 3.30. The molecular weight excluding hydrogens is 412 g/mol. The molecule has 7 heteroatoms. The third kappa shape index (κ3) is 4.59. The topological polar surface area (TPSA) is 79.7 Å². The number of benzene rings is 2. The summed E-state index contributed by atoms with van der Waals surface area (Å²) in [5, 5.41) is 13.8. The third-order valence-electron chi connectivity index (χ3n) is 6.50. The molecule has 0 fully saturated rings. The molecule has 2 heterocycles. The van der Waals surface area contributed by atoms with Crippen molar-refractivity contribution < 1.29 is 0 Å². The van der Waals surface area contributed by atoms with E-state index in [0.717, 1.165) is 29.4 Å². The minimum atomic E-state index is -0.398. The Bertz CT molecular complexity index is 1290. The van der Waals surface area contributed by atoms with Crippen LogP contribution in [-0.2, 0) is 12.1 Å². The van der Waals surface area contributed by atoms with Crippen molar-refractivity contribution in [3.8, 4) is 0 Å². The standard InChI is InChI=1S/C26H32N6O/c1-6-26(4,5)32-24(28-29-30-32)23(31(7-2)17-19-11-9-8-10-12-19)21-16-20-14-13-18(3)15-22(20)27-25(21)33/h8-16,23H,6-7,17H2,1-5H3,(H,27,33). The van der Waals surface area contributed by atoms with Gasteiger partial charge in [-0.25, -0.2) is 4.68 Å². The van der Waals surface area contributed by atoms with Crippen molar-refractivity contribution in [1.29, 1.82) is 0 Å². The predicted molar refractivity (Wildman–Crippen MR) is 131 cm³/mol. The number of fused-ring (bicyclic) bond motifs is 1. The van der Waals surface area contributed by atoms with Crippen LogP contribution < -0.4 is 5.56 Å². The first-order valence-electron chi connectivity index (χ1n) is 11.5. The molecule has 0 aliphatic heterocycles. The second-order valence-corrected chi connectivity index (χ2v) is 9.21. The molecule has 0 amide bonds. The first-order valence-corrected chi connectivity index (χ1v) is 11.5. The van der Waals surface area contributed by atoms with E-state index in [4.69, 9.17) is 0 Å². The lowest BCUT2D eigenvalue weighted by molar-refractivity contribution is 0.197. The molecule has 0 radical (unpaired) electrons. The van der Waals surface area contributed by atoms with Crippen LogP contribution in [0.15, 0.2) is 59.4 Å². The smallest absolute Gasteiger partial charge is 0.253 e. The number of rotatable bonds is 8. The highest BCUT2D eigenvalue weighted by Crippen LogP contribution is 2.31. The van der Waals surface area contributed by atoms with E-state index in [9.17, 15) is 4.79 Å². The Morgan fingerprint density at radius 2 is 1.85 bits per heavy atom. The molecule has 4 aromatic rings. The number of nitrogens with one attached hydrogen (secondary N) is 1. The largest absolute Gasteiger partial charge is 0.322 e. The van der Waals surface area contributed by atoms with E-state index in [1.807, 2.05) is 48.0 Å². The number of nitrogens with zero attached hydrogens (tertiary/aromatic N) is 5. The van der Waals surface area contributed by atoms with Gasteiger partial charge in [-0.2, -0.15) is 0 Å². The zero-order valence-electron chi connectivity index (χ0n) is 20.0. The van der Waals surface area contributed by atoms with Crippen molar-refractivity contribution in [2.24, 2.45) is 0 Å². The maximum absolute atomic E-state index is 13.4. The minimum Gasteiger partial charge on any atom is -0.322 e. The molecule has 2 aromatic heterocycles. The van der Waals surface area contributed by atoms with Crippen molar-refractivity contribution in [3.63, 3.8) is 0 Å². The number of H-pyrrole nitrogens is 1. The minimum absolute atomic E-state index is 0.117. The van der Waals surface area contributed by atoms with Gasteiger partial charge >= 0.3 is 0 Å². The molecule has 0 saturated carbocycles. The number of aryl methyl sites for hydroxylation is 1. The molecule has 33 heavy (non-hydrogen) atoms. The number of hydrogen-bond acceptors (Lipinski definition) is 5. The van der Waals surface area contributed by atoms with Gasteiger partial charge in [0.2, 0.25) is 0 Å². The normalized spacial score (nSPS) is 13.0. The van der Waals surface area contributed by atoms with Crippen molar-refractivity contribution in [2.75, 3.05) is 6.54 Å². The lowest BCUT2D eigenvalue weighted by Gasteiger charge is -2.33. The summed E-state index contributed by atoms with van der Waals surface area (Å²) in [7, 11) is 0. The number of pyridine rings is 1. The van der Waals surface area contributed by atoms with Crippen LogP contribution in [0.25, 0.3) is 10.9 Å². The monoisotopic (exact) mass is 444 g/mol. The van der Waals surface area contributed by atoms with Crippen LogP contribution in [0.2, 0.25) is 0 Å². The Hall–Kier alpha value is -3.32. The molecule has 0 saturated heterocycles. The summed E-state index contributed by atoms with van der Waals surface area (Å²) in [5.41, 5.74) is 3.35. The zero-order valence-corrected chi connectivity index (χ0v) is 20.0. The van der Waals surface area contributed by atoms with Crippen LogP contribution in [0.3, 0.4) is 0 Å². The number of aromatic nitrogens is 5. The van der Waals surface area contributed by atoms with Crippen LogP contribution >= 0.6 is 0 Å². The molecule has 0 spiro atoms. The quantitative estimate of drug-likeness (QED) is 0.430. The predicted octanol–water partition coefficient (Wildman–Crippen LogP) is 4.58. The van der Waals surface area contributed by atoms with Crippen LogP contribution in [0.1, 0.15) is 62.7 Å². The molecule has 1 atom stereocenters. The Morgan fingerprint density at radius 3 is 2.55 bits per heavy atom. The van der Waals surface area contributed by atoms with E-state index >= 15 is 0 Å². The molecule has 1 N–H and O–H groups in total. The van der Waals surface area contributed by atoms with Gasteiger partial charge in [0.1, 0.15) is 6.04 Å². The fourth-order valence-corrected chi connectivity index (χ4v) is 4.18. The van der Waals surface area contributed by atoms with Gasteiger partial charge in [0.15, 0.2) is 5.82 Å². The highest BCUT2D eigenvalue weighted by molar-refractivity contribution is 5.79. The summed E-state index contributed by atoms with van der Waals surface area (Å²) in [5.74, 6) is 0.677. The second kappa shape index (κ2) is 9.27. The van der Waals surface area contributed by atoms with Gasteiger partial charge in [-0.3, -0.25) is 9.69 Å². The van der Waals surface area contributed by atoms with Gasteiger partial charge in [0.25, 0.3) is 5.56 Å². The average molecular weight is 445 g/mol. The summed E-state index contributed by atoms with van der Waals surface area (Å²) in [6.45, 7) is 11.9. The second-order valence-electron chi connectivity index (χ2n) is 9.21. The van der Waals surface area contributed by atoms with Gasteiger partial charge in [0.05, 0.1) is 5.54 Å². The van der Waals surface area contributed by atoms with Crippen LogP contribution in [0.5, 0.6) is 0 Å². The summed E-state index contributed by atoms with van der Waals surface area (Å²) < 4.78 is 1.88. The Labute approximate surface area is 194 Å². The van der Waals surface area contributed by atoms with E-state index in [1.165, 1.54) is 5.56 Å². The van der Waals surface area contributed by atoms with Crippen molar-refractivity contribution in [3.05, 3.63) is 87.5 Å². The maximum atomic E-state index is 13.4. The van der Waals surface area contributed by atoms with Crippen LogP contribution in [-0.4, -0.2) is 36.6 Å². The lowest BCUT2D eigenvalue weighted by Crippen LogP contribution is -2.38. The summed E-state index contributed by atoms with van der Waals surface area (Å²) >= 11 is 0. The molecule has 7 nitrogen and oxygen atoms in total. The number of aromatic amines is 1. The molecule has 172 valence electrons. The zero-order chi connectivity index (χ0) is 23.6. The Morgan fingerprint density at radius 1 is 1.09 bits per heavy atom. The Balaban J connectivity index is 1.91. The van der Waals surface area contributed by atoms with Crippen molar-refractivity contribution >= 4 is 10.9 Å². The molecule has 4 rings (SSSR count). The lowest BCUT2D eigenvalue weighted by atomic mass is 9.98. The van der Waals surface area contributed by atoms with E-state index in [2.05, 4.69) is 71.3 Å². The van der Waals surface area contributed by atoms with Gasteiger partial charge in [-0.1, -0.05) is 56.3 Å². The first-order chi connectivity index (χ1) is 15.8. The molecule has 0 aliphatic carbocycles. The SMILES string of the molecule is CCN(Cc1ccccc1)C(c1cc2ccc(C)cc2[nH]c1=O)c1nnnn1C(C)(C)CC. The number of tetrazole rings is 1. The van der Waals surface area contributed by atoms with Crippen LogP contribution in [0, 0.1) is 6.92 Å². The molecule has 0 aliphatic rings. The van der Waals surface area contributed by atoms with Crippen molar-refractivity contribution in [1.82, 2.24) is 30.1 Å². The summed E-state index contributed by atoms with van der Waals surface area (Å²) in [6.07, 6.45) is 0.857. The third-order valence-corrected chi connectivity index (χ3v) is 6.50. The molecule has 1 unspecified atom stereocenters. The first kappa shape index (κ1) is 22.9. The maximum Gasteiger partial charge on any atom is 0.253 e. The summed E-state index contributed by atoms with van der Waals surface area (Å²) in [6, 6.07) is 18.0. The van der Waals surface area contributed by atoms with E-state index in [1.54, 1.807) is 0 Å². The van der Waals surface area contributed by atoms with Gasteiger partial charge < -0.3 is 4.98 Å². The fourth-order valence-electron chi connectivity index (χ4n) is 4.18. The van der Waals surface area contributed by atoms with Crippen molar-refractivity contribution in [2.45, 2.75) is 59.2 Å².